The summed E-state index contributed by atoms with van der Waals surface area (Å²) in [5.41, 5.74) is -1.96. The van der Waals surface area contributed by atoms with Gasteiger partial charge in [0, 0.05) is 0 Å². The van der Waals surface area contributed by atoms with Crippen LogP contribution in [0.3, 0.4) is 0 Å². The van der Waals surface area contributed by atoms with E-state index in [1.54, 1.807) is 0 Å². The maximum Gasteiger partial charge on any atom is 0.187 e. The molecule has 0 aromatic rings. The van der Waals surface area contributed by atoms with Crippen LogP contribution in [0, 0.1) is 45.3 Å². The first-order valence-electron chi connectivity index (χ1n) is 24.5. The average molecular weight is 963 g/mol. The Morgan fingerprint density at radius 1 is 0.612 bits per heavy atom. The van der Waals surface area contributed by atoms with Crippen LogP contribution < -0.4 is 0 Å². The lowest BCUT2D eigenvalue weighted by molar-refractivity contribution is -0.383. The van der Waals surface area contributed by atoms with E-state index >= 15 is 0 Å². The number of fused-ring (bicyclic) bond motifs is 5. The molecule has 0 spiro atoms. The highest BCUT2D eigenvalue weighted by Gasteiger charge is 2.73. The van der Waals surface area contributed by atoms with E-state index in [-0.39, 0.29) is 35.5 Å². The van der Waals surface area contributed by atoms with Crippen molar-refractivity contribution in [3.8, 4) is 0 Å². The van der Waals surface area contributed by atoms with Gasteiger partial charge >= 0.3 is 0 Å². The fourth-order valence-electron chi connectivity index (χ4n) is 15.0. The molecule has 3 saturated heterocycles. The highest BCUT2D eigenvalue weighted by atomic mass is 16.8. The lowest BCUT2D eigenvalue weighted by atomic mass is 9.35. The quantitative estimate of drug-likeness (QED) is 0.0773. The zero-order chi connectivity index (χ0) is 49.5. The van der Waals surface area contributed by atoms with Crippen LogP contribution >= 0.6 is 0 Å². The number of aliphatic hydroxyl groups is 13. The molecule has 0 amide bonds. The summed E-state index contributed by atoms with van der Waals surface area (Å²) >= 11 is 0. The van der Waals surface area contributed by atoms with Gasteiger partial charge in [0.1, 0.15) is 73.2 Å². The van der Waals surface area contributed by atoms with Crippen LogP contribution in [0.25, 0.3) is 0 Å². The predicted octanol–water partition coefficient (Wildman–Crippen LogP) is -1.06. The zero-order valence-electron chi connectivity index (χ0n) is 40.3. The molecular formula is C48H82O19. The molecule has 4 saturated carbocycles. The maximum absolute atomic E-state index is 12.7. The van der Waals surface area contributed by atoms with E-state index in [0.29, 0.717) is 25.7 Å². The first-order valence-corrected chi connectivity index (χ1v) is 24.5. The van der Waals surface area contributed by atoms with Crippen molar-refractivity contribution >= 4 is 0 Å². The summed E-state index contributed by atoms with van der Waals surface area (Å²) in [6.07, 6.45) is -19.6. The normalized spacial score (nSPS) is 52.9. The number of hydrogen-bond donors (Lipinski definition) is 13. The molecule has 7 aliphatic rings. The van der Waals surface area contributed by atoms with Gasteiger partial charge in [0.15, 0.2) is 18.9 Å². The minimum atomic E-state index is -1.85. The molecule has 0 aromatic carbocycles. The van der Waals surface area contributed by atoms with E-state index in [1.165, 1.54) is 0 Å². The van der Waals surface area contributed by atoms with Crippen LogP contribution in [0.15, 0.2) is 11.6 Å². The van der Waals surface area contributed by atoms with Gasteiger partial charge in [-0.25, -0.2) is 0 Å². The molecule has 3 unspecified atom stereocenters. The van der Waals surface area contributed by atoms with Crippen molar-refractivity contribution in [1.29, 1.82) is 0 Å². The fraction of sp³-hybridized carbons (Fsp3) is 0.958. The number of rotatable bonds is 13. The molecule has 0 radical (unpaired) electrons. The number of ether oxygens (including phenoxy) is 6. The lowest BCUT2D eigenvalue weighted by Crippen LogP contribution is -2.70. The van der Waals surface area contributed by atoms with Crippen LogP contribution in [0.2, 0.25) is 0 Å². The van der Waals surface area contributed by atoms with Crippen LogP contribution in [-0.2, 0) is 28.4 Å². The van der Waals surface area contributed by atoms with Crippen LogP contribution in [0.1, 0.15) is 107 Å². The molecule has 3 heterocycles. The first-order chi connectivity index (χ1) is 31.3. The van der Waals surface area contributed by atoms with E-state index in [0.717, 1.165) is 24.8 Å². The first kappa shape index (κ1) is 53.8. The van der Waals surface area contributed by atoms with E-state index in [1.807, 2.05) is 34.6 Å². The molecule has 26 atom stereocenters. The van der Waals surface area contributed by atoms with Gasteiger partial charge in [-0.1, -0.05) is 46.3 Å². The Kier molecular flexibility index (Phi) is 15.9. The highest BCUT2D eigenvalue weighted by molar-refractivity contribution is 5.21. The van der Waals surface area contributed by atoms with Gasteiger partial charge in [0.2, 0.25) is 0 Å². The summed E-state index contributed by atoms with van der Waals surface area (Å²) in [6, 6.07) is 0. The molecule has 388 valence electrons. The van der Waals surface area contributed by atoms with E-state index in [2.05, 4.69) is 26.8 Å². The number of aliphatic hydroxyl groups excluding tert-OH is 13. The molecule has 19 nitrogen and oxygen atoms in total. The molecule has 7 rings (SSSR count). The third-order valence-corrected chi connectivity index (χ3v) is 18.7. The van der Waals surface area contributed by atoms with Crippen molar-refractivity contribution < 1.29 is 94.8 Å². The van der Waals surface area contributed by atoms with Crippen LogP contribution in [0.5, 0.6) is 0 Å². The second-order valence-corrected chi connectivity index (χ2v) is 23.1. The Hall–Kier alpha value is -1.02. The van der Waals surface area contributed by atoms with Crippen LogP contribution in [-0.4, -0.2) is 202 Å². The van der Waals surface area contributed by atoms with Crippen molar-refractivity contribution in [3.63, 3.8) is 0 Å². The Labute approximate surface area is 393 Å². The van der Waals surface area contributed by atoms with Crippen molar-refractivity contribution in [2.24, 2.45) is 45.3 Å². The molecule has 3 aliphatic heterocycles. The third-order valence-electron chi connectivity index (χ3n) is 18.7. The van der Waals surface area contributed by atoms with Crippen molar-refractivity contribution in [2.45, 2.75) is 223 Å². The fourth-order valence-corrected chi connectivity index (χ4v) is 15.0. The number of hydrogen-bond acceptors (Lipinski definition) is 19. The Balaban J connectivity index is 1.15. The summed E-state index contributed by atoms with van der Waals surface area (Å²) in [4.78, 5) is 0. The van der Waals surface area contributed by atoms with Crippen molar-refractivity contribution in [2.75, 3.05) is 19.8 Å². The largest absolute Gasteiger partial charge is 0.394 e. The molecule has 4 aliphatic carbocycles. The minimum absolute atomic E-state index is 0.0733. The Bertz CT molecular complexity index is 1710. The molecule has 19 heteroatoms. The summed E-state index contributed by atoms with van der Waals surface area (Å²) in [7, 11) is 0. The van der Waals surface area contributed by atoms with Gasteiger partial charge < -0.3 is 94.8 Å². The second kappa shape index (κ2) is 19.8. The van der Waals surface area contributed by atoms with E-state index < -0.39 is 152 Å². The van der Waals surface area contributed by atoms with Gasteiger partial charge in [-0.2, -0.15) is 0 Å². The van der Waals surface area contributed by atoms with E-state index in [9.17, 15) is 66.4 Å². The summed E-state index contributed by atoms with van der Waals surface area (Å²) in [6.45, 7) is 14.7. The van der Waals surface area contributed by atoms with Crippen LogP contribution in [0.4, 0.5) is 0 Å². The third kappa shape index (κ3) is 9.03. The maximum atomic E-state index is 12.7. The summed E-state index contributed by atoms with van der Waals surface area (Å²) in [5.74, 6) is -0.628. The standard InChI is InChI=1S/C48H82O19/c1-21(2)10-9-13-48(8,67-42-38(61)35(58)32(55)26(19-50)63-42)22-11-14-47(7)30(22)23(52)16-29-45(5)17-24(53)40(44(3,4)28(45)12-15-46(29,47)6)66-43-39(36(59)33(56)27(20-51)64-43)65-41-37(60)34(57)31(54)25(18-49)62-41/h10,22-43,49-61H,9,11-20H2,1-8H3/t22-,23+,24+,25+,26+,27+,28?,29?,30-,31+,32+,33+,34-,35-,36-,37+,38+,39+,40-,41-,42-,43-,45-,46+,47+,48?/m0/s1. The second-order valence-electron chi connectivity index (χ2n) is 23.1. The summed E-state index contributed by atoms with van der Waals surface area (Å²) in [5, 5.41) is 141. The topological polar surface area (TPSA) is 318 Å². The predicted molar refractivity (Wildman–Crippen MR) is 235 cm³/mol. The molecular weight excluding hydrogens is 881 g/mol. The molecule has 7 fully saturated rings. The van der Waals surface area contributed by atoms with Gasteiger partial charge in [0.25, 0.3) is 0 Å². The van der Waals surface area contributed by atoms with Gasteiger partial charge in [-0.05, 0) is 117 Å². The van der Waals surface area contributed by atoms with E-state index in [4.69, 9.17) is 28.4 Å². The molecule has 0 aromatic heterocycles. The highest BCUT2D eigenvalue weighted by Crippen LogP contribution is 2.76. The number of allylic oxidation sites excluding steroid dienone is 2. The molecule has 67 heavy (non-hydrogen) atoms. The Morgan fingerprint density at radius 3 is 1.70 bits per heavy atom. The van der Waals surface area contributed by atoms with Crippen molar-refractivity contribution in [3.05, 3.63) is 11.6 Å². The summed E-state index contributed by atoms with van der Waals surface area (Å²) < 4.78 is 36.9. The lowest BCUT2D eigenvalue weighted by Gasteiger charge is -2.71. The van der Waals surface area contributed by atoms with Gasteiger partial charge in [-0.3, -0.25) is 0 Å². The Morgan fingerprint density at radius 2 is 1.13 bits per heavy atom. The zero-order valence-corrected chi connectivity index (χ0v) is 40.3. The van der Waals surface area contributed by atoms with Gasteiger partial charge in [0.05, 0.1) is 43.7 Å². The average Bonchev–Trinajstić information content (AvgIpc) is 3.65. The minimum Gasteiger partial charge on any atom is -0.394 e. The molecule has 13 N–H and O–H groups in total. The molecule has 0 bridgehead atoms. The van der Waals surface area contributed by atoms with Crippen molar-refractivity contribution in [1.82, 2.24) is 0 Å². The van der Waals surface area contributed by atoms with Gasteiger partial charge in [-0.15, -0.1) is 0 Å². The SMILES string of the molecule is CC(C)=CCCC(C)(O[C@@H]1O[C@H](CO)[C@@H](O)[C@H](O)[C@H]1O)[C@H]1CC[C@]2(C)[C@@H]1[C@H](O)CC1[C@@]3(C)C[C@@H](O)[C@H](O[C@@H]4O[C@H](CO)[C@@H](O)[C@H](O)[C@H]4O[C@@H]4O[C@H](CO)[C@@H](O)[C@H](O)[C@H]4O)C(C)(C)C3CC[C@]12C. The monoisotopic (exact) mass is 963 g/mol. The smallest absolute Gasteiger partial charge is 0.187 e.